The van der Waals surface area contributed by atoms with Gasteiger partial charge in [-0.1, -0.05) is 25.2 Å². The molecule has 12 heavy (non-hydrogen) atoms. The first kappa shape index (κ1) is 9.24. The standard InChI is InChI=1S/C11H16O/c1-9-5-3-4-6-11(9)8-7-10(2)12/h3,5,7-9,11H,4,6H2,1-2H3/b8-7+. The summed E-state index contributed by atoms with van der Waals surface area (Å²) in [5.74, 6) is 1.31. The molecule has 0 amide bonds. The van der Waals surface area contributed by atoms with Crippen LogP contribution in [0.3, 0.4) is 0 Å². The zero-order chi connectivity index (χ0) is 8.97. The van der Waals surface area contributed by atoms with Crippen molar-refractivity contribution in [3.8, 4) is 0 Å². The molecule has 0 N–H and O–H groups in total. The van der Waals surface area contributed by atoms with E-state index in [4.69, 9.17) is 0 Å². The lowest BCUT2D eigenvalue weighted by Gasteiger charge is -2.20. The summed E-state index contributed by atoms with van der Waals surface area (Å²) >= 11 is 0. The van der Waals surface area contributed by atoms with Crippen molar-refractivity contribution >= 4 is 5.78 Å². The number of allylic oxidation sites excluding steroid dienone is 4. The van der Waals surface area contributed by atoms with Gasteiger partial charge >= 0.3 is 0 Å². The van der Waals surface area contributed by atoms with Gasteiger partial charge in [-0.2, -0.15) is 0 Å². The maximum absolute atomic E-state index is 10.7. The molecule has 0 fully saturated rings. The molecule has 0 aliphatic heterocycles. The highest BCUT2D eigenvalue weighted by Gasteiger charge is 2.13. The van der Waals surface area contributed by atoms with Gasteiger partial charge in [0.1, 0.15) is 0 Å². The molecule has 1 aliphatic carbocycles. The van der Waals surface area contributed by atoms with Gasteiger partial charge in [-0.25, -0.2) is 0 Å². The van der Waals surface area contributed by atoms with Crippen LogP contribution in [0.2, 0.25) is 0 Å². The summed E-state index contributed by atoms with van der Waals surface area (Å²) in [5.41, 5.74) is 0. The fourth-order valence-corrected chi connectivity index (χ4v) is 1.54. The summed E-state index contributed by atoms with van der Waals surface area (Å²) in [6.07, 6.45) is 10.5. The lowest BCUT2D eigenvalue weighted by Crippen LogP contribution is -2.10. The predicted octanol–water partition coefficient (Wildman–Crippen LogP) is 2.73. The van der Waals surface area contributed by atoms with Gasteiger partial charge in [0.05, 0.1) is 0 Å². The molecule has 1 nitrogen and oxygen atoms in total. The van der Waals surface area contributed by atoms with Crippen molar-refractivity contribution in [3.63, 3.8) is 0 Å². The van der Waals surface area contributed by atoms with E-state index in [-0.39, 0.29) is 5.78 Å². The highest BCUT2D eigenvalue weighted by molar-refractivity contribution is 5.87. The van der Waals surface area contributed by atoms with Crippen molar-refractivity contribution in [3.05, 3.63) is 24.3 Å². The molecule has 0 aromatic heterocycles. The van der Waals surface area contributed by atoms with Gasteiger partial charge in [-0.05, 0) is 37.7 Å². The Hall–Kier alpha value is -0.850. The van der Waals surface area contributed by atoms with E-state index in [9.17, 15) is 4.79 Å². The molecule has 1 heteroatoms. The van der Waals surface area contributed by atoms with E-state index in [1.165, 1.54) is 6.42 Å². The number of ketones is 1. The number of carbonyl (C=O) groups excluding carboxylic acids is 1. The average molecular weight is 164 g/mol. The summed E-state index contributed by atoms with van der Waals surface area (Å²) in [6.45, 7) is 3.80. The highest BCUT2D eigenvalue weighted by Crippen LogP contribution is 2.25. The summed E-state index contributed by atoms with van der Waals surface area (Å²) in [4.78, 5) is 10.7. The van der Waals surface area contributed by atoms with Crippen LogP contribution in [0.1, 0.15) is 26.7 Å². The van der Waals surface area contributed by atoms with Crippen molar-refractivity contribution in [2.45, 2.75) is 26.7 Å². The quantitative estimate of drug-likeness (QED) is 0.453. The molecule has 0 heterocycles. The van der Waals surface area contributed by atoms with E-state index in [2.05, 4.69) is 25.2 Å². The first-order chi connectivity index (χ1) is 5.70. The molecule has 0 saturated carbocycles. The van der Waals surface area contributed by atoms with Crippen LogP contribution in [0.25, 0.3) is 0 Å². The SMILES string of the molecule is CC(=O)/C=C/C1CCC=CC1C. The molecule has 0 spiro atoms. The minimum Gasteiger partial charge on any atom is -0.295 e. The van der Waals surface area contributed by atoms with Gasteiger partial charge in [0, 0.05) is 0 Å². The van der Waals surface area contributed by atoms with E-state index in [0.717, 1.165) is 6.42 Å². The second-order valence-corrected chi connectivity index (χ2v) is 3.50. The summed E-state index contributed by atoms with van der Waals surface area (Å²) in [5, 5.41) is 0. The maximum atomic E-state index is 10.7. The van der Waals surface area contributed by atoms with Crippen LogP contribution in [-0.4, -0.2) is 5.78 Å². The van der Waals surface area contributed by atoms with Gasteiger partial charge in [0.15, 0.2) is 5.78 Å². The Kier molecular flexibility index (Phi) is 3.27. The van der Waals surface area contributed by atoms with E-state index in [1.807, 2.05) is 0 Å². The van der Waals surface area contributed by atoms with Gasteiger partial charge < -0.3 is 0 Å². The first-order valence-electron chi connectivity index (χ1n) is 4.55. The minimum absolute atomic E-state index is 0.150. The second kappa shape index (κ2) is 4.24. The number of hydrogen-bond acceptors (Lipinski definition) is 1. The molecule has 1 aliphatic rings. The van der Waals surface area contributed by atoms with Gasteiger partial charge in [0.25, 0.3) is 0 Å². The van der Waals surface area contributed by atoms with Crippen LogP contribution >= 0.6 is 0 Å². The number of carbonyl (C=O) groups is 1. The molecule has 0 saturated heterocycles. The van der Waals surface area contributed by atoms with Crippen molar-refractivity contribution in [2.24, 2.45) is 11.8 Å². The lowest BCUT2D eigenvalue weighted by molar-refractivity contribution is -0.112. The zero-order valence-corrected chi connectivity index (χ0v) is 7.79. The first-order valence-corrected chi connectivity index (χ1v) is 4.55. The Morgan fingerprint density at radius 2 is 2.33 bits per heavy atom. The second-order valence-electron chi connectivity index (χ2n) is 3.50. The van der Waals surface area contributed by atoms with Crippen LogP contribution in [0, 0.1) is 11.8 Å². The summed E-state index contributed by atoms with van der Waals surface area (Å²) in [6, 6.07) is 0. The van der Waals surface area contributed by atoms with E-state index >= 15 is 0 Å². The third kappa shape index (κ3) is 2.65. The Balaban J connectivity index is 2.52. The van der Waals surface area contributed by atoms with Crippen LogP contribution < -0.4 is 0 Å². The van der Waals surface area contributed by atoms with Crippen molar-refractivity contribution in [1.29, 1.82) is 0 Å². The Bertz CT molecular complexity index is 213. The van der Waals surface area contributed by atoms with Crippen molar-refractivity contribution in [1.82, 2.24) is 0 Å². The third-order valence-electron chi connectivity index (χ3n) is 2.36. The normalized spacial score (nSPS) is 29.5. The predicted molar refractivity (Wildman–Crippen MR) is 50.8 cm³/mol. The fourth-order valence-electron chi connectivity index (χ4n) is 1.54. The maximum Gasteiger partial charge on any atom is 0.152 e. The van der Waals surface area contributed by atoms with Gasteiger partial charge in [-0.15, -0.1) is 0 Å². The summed E-state index contributed by atoms with van der Waals surface area (Å²) in [7, 11) is 0. The monoisotopic (exact) mass is 164 g/mol. The van der Waals surface area contributed by atoms with E-state index < -0.39 is 0 Å². The topological polar surface area (TPSA) is 17.1 Å². The third-order valence-corrected chi connectivity index (χ3v) is 2.36. The summed E-state index contributed by atoms with van der Waals surface area (Å²) < 4.78 is 0. The largest absolute Gasteiger partial charge is 0.295 e. The van der Waals surface area contributed by atoms with Crippen LogP contribution in [0.5, 0.6) is 0 Å². The van der Waals surface area contributed by atoms with Crippen LogP contribution in [0.15, 0.2) is 24.3 Å². The Morgan fingerprint density at radius 3 is 2.92 bits per heavy atom. The number of rotatable bonds is 2. The molecular formula is C11H16O. The van der Waals surface area contributed by atoms with Gasteiger partial charge in [-0.3, -0.25) is 4.79 Å². The van der Waals surface area contributed by atoms with Gasteiger partial charge in [0.2, 0.25) is 0 Å². The van der Waals surface area contributed by atoms with Crippen molar-refractivity contribution < 1.29 is 4.79 Å². The molecule has 0 aromatic carbocycles. The Labute approximate surface area is 74.2 Å². The fraction of sp³-hybridized carbons (Fsp3) is 0.545. The van der Waals surface area contributed by atoms with E-state index in [0.29, 0.717) is 11.8 Å². The molecule has 2 atom stereocenters. The number of hydrogen-bond donors (Lipinski definition) is 0. The van der Waals surface area contributed by atoms with Crippen LogP contribution in [0.4, 0.5) is 0 Å². The zero-order valence-electron chi connectivity index (χ0n) is 7.79. The molecule has 2 unspecified atom stereocenters. The lowest BCUT2D eigenvalue weighted by atomic mass is 9.85. The Morgan fingerprint density at radius 1 is 1.58 bits per heavy atom. The molecule has 1 rings (SSSR count). The average Bonchev–Trinajstić information content (AvgIpc) is 2.03. The van der Waals surface area contributed by atoms with Crippen LogP contribution in [-0.2, 0) is 4.79 Å². The molecule has 66 valence electrons. The highest BCUT2D eigenvalue weighted by atomic mass is 16.1. The molecule has 0 radical (unpaired) electrons. The molecule has 0 aromatic rings. The van der Waals surface area contributed by atoms with E-state index in [1.54, 1.807) is 13.0 Å². The van der Waals surface area contributed by atoms with Crippen molar-refractivity contribution in [2.75, 3.05) is 0 Å². The smallest absolute Gasteiger partial charge is 0.152 e. The molecular weight excluding hydrogens is 148 g/mol. The minimum atomic E-state index is 0.150. The molecule has 0 bridgehead atoms.